The zero-order chi connectivity index (χ0) is 25.8. The van der Waals surface area contributed by atoms with Crippen molar-refractivity contribution in [1.82, 2.24) is 20.9 Å². The molecule has 0 unspecified atom stereocenters. The second-order valence-corrected chi connectivity index (χ2v) is 9.71. The second-order valence-electron chi connectivity index (χ2n) is 9.71. The van der Waals surface area contributed by atoms with E-state index < -0.39 is 11.8 Å². The van der Waals surface area contributed by atoms with E-state index in [1.165, 1.54) is 7.11 Å². The third-order valence-corrected chi connectivity index (χ3v) is 7.17. The summed E-state index contributed by atoms with van der Waals surface area (Å²) in [7, 11) is 3.23. The van der Waals surface area contributed by atoms with Crippen LogP contribution < -0.4 is 21.7 Å². The minimum atomic E-state index is -1.09. The molecule has 0 saturated carbocycles. The Morgan fingerprint density at radius 2 is 1.97 bits per heavy atom. The van der Waals surface area contributed by atoms with Gasteiger partial charge in [0, 0.05) is 51.4 Å². The van der Waals surface area contributed by atoms with Crippen LogP contribution in [0.5, 0.6) is 0 Å². The van der Waals surface area contributed by atoms with Crippen LogP contribution in [0.15, 0.2) is 30.3 Å². The first-order chi connectivity index (χ1) is 17.5. The molecule has 0 radical (unpaired) electrons. The normalized spacial score (nSPS) is 21.3. The average Bonchev–Trinajstić information content (AvgIpc) is 2.92. The van der Waals surface area contributed by atoms with E-state index in [9.17, 15) is 9.59 Å². The number of rotatable bonds is 11. The molecular weight excluding hydrogens is 462 g/mol. The van der Waals surface area contributed by atoms with E-state index >= 15 is 0 Å². The molecule has 3 amide bonds. The molecule has 2 saturated heterocycles. The quantitative estimate of drug-likeness (QED) is 0.268. The molecule has 3 rings (SSSR count). The van der Waals surface area contributed by atoms with Crippen LogP contribution in [0, 0.1) is 11.8 Å². The van der Waals surface area contributed by atoms with E-state index in [4.69, 9.17) is 15.2 Å². The summed E-state index contributed by atoms with van der Waals surface area (Å²) in [6.07, 6.45) is 4.17. The third kappa shape index (κ3) is 8.06. The van der Waals surface area contributed by atoms with Gasteiger partial charge in [-0.25, -0.2) is 9.59 Å². The van der Waals surface area contributed by atoms with Crippen molar-refractivity contribution in [1.29, 1.82) is 0 Å². The molecule has 10 nitrogen and oxygen atoms in total. The van der Waals surface area contributed by atoms with Gasteiger partial charge in [-0.2, -0.15) is 0 Å². The average molecular weight is 506 g/mol. The van der Waals surface area contributed by atoms with Gasteiger partial charge in [-0.3, -0.25) is 5.73 Å². The Bertz CT molecular complexity index is 807. The summed E-state index contributed by atoms with van der Waals surface area (Å²) in [5.74, 6) is 0.462. The van der Waals surface area contributed by atoms with Gasteiger partial charge >= 0.3 is 12.1 Å². The van der Waals surface area contributed by atoms with Crippen molar-refractivity contribution < 1.29 is 23.8 Å². The highest BCUT2D eigenvalue weighted by Gasteiger charge is 2.41. The molecule has 5 N–H and O–H groups in total. The molecule has 1 aromatic carbocycles. The molecule has 36 heavy (non-hydrogen) atoms. The predicted molar refractivity (Wildman–Crippen MR) is 137 cm³/mol. The molecular formula is C26H43N5O5. The molecule has 0 aromatic heterocycles. The van der Waals surface area contributed by atoms with E-state index in [1.54, 1.807) is 0 Å². The van der Waals surface area contributed by atoms with Gasteiger partial charge < -0.3 is 35.1 Å². The van der Waals surface area contributed by atoms with Crippen molar-refractivity contribution in [3.63, 3.8) is 0 Å². The summed E-state index contributed by atoms with van der Waals surface area (Å²) in [5, 5.41) is 9.10. The monoisotopic (exact) mass is 505 g/mol. The van der Waals surface area contributed by atoms with Gasteiger partial charge in [0.2, 0.25) is 0 Å². The highest BCUT2D eigenvalue weighted by atomic mass is 16.5. The number of hydrogen-bond donors (Lipinski definition) is 4. The third-order valence-electron chi connectivity index (χ3n) is 7.17. The number of urea groups is 1. The van der Waals surface area contributed by atoms with Gasteiger partial charge in [0.15, 0.2) is 0 Å². The molecule has 2 aliphatic heterocycles. The molecule has 2 aliphatic rings. The van der Waals surface area contributed by atoms with Crippen molar-refractivity contribution >= 4 is 12.1 Å². The molecule has 0 spiro atoms. The summed E-state index contributed by atoms with van der Waals surface area (Å²) in [6.45, 7) is 3.98. The smallest absolute Gasteiger partial charge is 0.406 e. The lowest BCUT2D eigenvalue weighted by atomic mass is 9.83. The maximum absolute atomic E-state index is 13.3. The minimum absolute atomic E-state index is 0.0587. The van der Waals surface area contributed by atoms with Gasteiger partial charge in [0.05, 0.1) is 13.7 Å². The first-order valence-corrected chi connectivity index (χ1v) is 13.0. The lowest BCUT2D eigenvalue weighted by molar-refractivity contribution is -0.102. The van der Waals surface area contributed by atoms with Crippen molar-refractivity contribution in [3.05, 3.63) is 35.9 Å². The van der Waals surface area contributed by atoms with Crippen molar-refractivity contribution in [2.24, 2.45) is 17.6 Å². The number of hydrogen-bond acceptors (Lipinski definition) is 7. The number of methoxy groups -OCH3 is 1. The molecule has 3 atom stereocenters. The van der Waals surface area contributed by atoms with Crippen molar-refractivity contribution in [3.8, 4) is 0 Å². The number of carbonyl (C=O) groups is 2. The Morgan fingerprint density at radius 3 is 2.67 bits per heavy atom. The Hall–Kier alpha value is -2.40. The first-order valence-electron chi connectivity index (χ1n) is 13.0. The van der Waals surface area contributed by atoms with E-state index in [2.05, 4.69) is 20.7 Å². The number of nitrogens with two attached hydrogens (primary N) is 1. The van der Waals surface area contributed by atoms with Crippen LogP contribution in [0.1, 0.15) is 37.7 Å². The van der Waals surface area contributed by atoms with Crippen molar-refractivity contribution in [2.75, 3.05) is 60.2 Å². The Balaban J connectivity index is 1.64. The molecule has 1 aromatic rings. The molecule has 202 valence electrons. The fourth-order valence-corrected chi connectivity index (χ4v) is 5.18. The molecule has 2 fully saturated rings. The maximum atomic E-state index is 13.3. The second kappa shape index (κ2) is 14.4. The fourth-order valence-electron chi connectivity index (χ4n) is 5.18. The summed E-state index contributed by atoms with van der Waals surface area (Å²) < 4.78 is 16.3. The van der Waals surface area contributed by atoms with Gasteiger partial charge in [0.1, 0.15) is 5.72 Å². The molecule has 0 aliphatic carbocycles. The summed E-state index contributed by atoms with van der Waals surface area (Å²) >= 11 is 0. The number of alkyl carbamates (subject to hydrolysis) is 1. The summed E-state index contributed by atoms with van der Waals surface area (Å²) in [5.41, 5.74) is 6.69. The Labute approximate surface area is 214 Å². The highest BCUT2D eigenvalue weighted by Crippen LogP contribution is 2.35. The topological polar surface area (TPSA) is 127 Å². The molecule has 10 heteroatoms. The predicted octanol–water partition coefficient (Wildman–Crippen LogP) is 2.00. The highest BCUT2D eigenvalue weighted by molar-refractivity contribution is 5.74. The van der Waals surface area contributed by atoms with E-state index in [1.807, 2.05) is 42.3 Å². The fraction of sp³-hybridized carbons (Fsp3) is 0.692. The lowest BCUT2D eigenvalue weighted by Gasteiger charge is -2.43. The number of likely N-dealkylation sites (N-methyl/N-ethyl adjacent to an activating group) is 1. The van der Waals surface area contributed by atoms with Crippen LogP contribution in [0.2, 0.25) is 0 Å². The number of piperidine rings is 1. The van der Waals surface area contributed by atoms with E-state index in [-0.39, 0.29) is 31.1 Å². The SMILES string of the molecule is CNC[C@H](CC1CCOCC1)NC(=O)N1CCC[C@@H]([C@@](N)(OCCNC(=O)OC)c2ccccc2)C1. The Kier molecular flexibility index (Phi) is 11.2. The largest absolute Gasteiger partial charge is 0.453 e. The number of nitrogens with one attached hydrogen (secondary N) is 3. The van der Waals surface area contributed by atoms with Gasteiger partial charge in [-0.1, -0.05) is 30.3 Å². The van der Waals surface area contributed by atoms with Crippen LogP contribution in [-0.4, -0.2) is 83.2 Å². The number of benzene rings is 1. The van der Waals surface area contributed by atoms with E-state index in [0.717, 1.165) is 57.4 Å². The van der Waals surface area contributed by atoms with Gasteiger partial charge in [0.25, 0.3) is 0 Å². The standard InChI is InChI=1S/C26H43N5O5/c1-28-18-23(17-20-10-14-35-15-11-20)30-24(32)31-13-6-9-22(19-31)26(27,21-7-4-3-5-8-21)36-16-12-29-25(33)34-2/h3-5,7-8,20,22-23,28H,6,9-19,27H2,1-2H3,(H,29,33)(H,30,32)/t22-,23+,26+/m1/s1. The summed E-state index contributed by atoms with van der Waals surface area (Å²) in [4.78, 5) is 26.6. The minimum Gasteiger partial charge on any atom is -0.453 e. The lowest BCUT2D eigenvalue weighted by Crippen LogP contribution is -2.57. The zero-order valence-corrected chi connectivity index (χ0v) is 21.7. The van der Waals surface area contributed by atoms with Crippen LogP contribution in [0.4, 0.5) is 9.59 Å². The van der Waals surface area contributed by atoms with Crippen LogP contribution in [0.25, 0.3) is 0 Å². The van der Waals surface area contributed by atoms with Crippen LogP contribution in [-0.2, 0) is 19.9 Å². The summed E-state index contributed by atoms with van der Waals surface area (Å²) in [6, 6.07) is 9.69. The molecule has 0 bridgehead atoms. The number of nitrogens with zero attached hydrogens (tertiary/aromatic N) is 1. The van der Waals surface area contributed by atoms with Gasteiger partial charge in [-0.15, -0.1) is 0 Å². The maximum Gasteiger partial charge on any atom is 0.406 e. The van der Waals surface area contributed by atoms with Crippen LogP contribution in [0.3, 0.4) is 0 Å². The zero-order valence-electron chi connectivity index (χ0n) is 21.7. The first kappa shape index (κ1) is 28.2. The Morgan fingerprint density at radius 1 is 1.22 bits per heavy atom. The van der Waals surface area contributed by atoms with E-state index in [0.29, 0.717) is 19.0 Å². The number of ether oxygens (including phenoxy) is 3. The molecule has 2 heterocycles. The van der Waals surface area contributed by atoms with Crippen LogP contribution >= 0.6 is 0 Å². The van der Waals surface area contributed by atoms with Crippen molar-refractivity contribution in [2.45, 2.75) is 43.9 Å². The number of carbonyl (C=O) groups excluding carboxylic acids is 2. The number of likely N-dealkylation sites (tertiary alicyclic amines) is 1. The number of amides is 3. The van der Waals surface area contributed by atoms with Gasteiger partial charge in [-0.05, 0) is 50.6 Å².